The summed E-state index contributed by atoms with van der Waals surface area (Å²) in [5, 5.41) is 2.90. The molecule has 0 atom stereocenters. The van der Waals surface area contributed by atoms with Crippen molar-refractivity contribution in [3.63, 3.8) is 0 Å². The quantitative estimate of drug-likeness (QED) is 0.366. The highest BCUT2D eigenvalue weighted by molar-refractivity contribution is 7.98. The second kappa shape index (κ2) is 11.1. The van der Waals surface area contributed by atoms with E-state index in [1.807, 2.05) is 32.0 Å². The van der Waals surface area contributed by atoms with E-state index in [1.165, 1.54) is 29.3 Å². The minimum atomic E-state index is -3.96. The molecule has 0 saturated heterocycles. The zero-order chi connectivity index (χ0) is 24.0. The van der Waals surface area contributed by atoms with Crippen LogP contribution in [0.15, 0.2) is 65.6 Å². The fraction of sp³-hybridized carbons (Fsp3) is 0.240. The summed E-state index contributed by atoms with van der Waals surface area (Å²) in [7, 11) is -3.96. The van der Waals surface area contributed by atoms with Gasteiger partial charge in [0.25, 0.3) is 15.9 Å². The highest BCUT2D eigenvalue weighted by Gasteiger charge is 2.20. The molecule has 0 aliphatic rings. The average molecular weight is 503 g/mol. The number of carbonyl (C=O) groups excluding carboxylic acids is 1. The number of thioether (sulfide) groups is 1. The molecular weight excluding hydrogens is 476 g/mol. The van der Waals surface area contributed by atoms with Gasteiger partial charge in [0.15, 0.2) is 0 Å². The number of amides is 1. The van der Waals surface area contributed by atoms with Gasteiger partial charge in [0, 0.05) is 29.3 Å². The Hall–Kier alpha value is -2.48. The number of sulfonamides is 1. The molecule has 3 aromatic carbocycles. The molecule has 174 valence electrons. The van der Waals surface area contributed by atoms with Crippen molar-refractivity contribution in [2.24, 2.45) is 0 Å². The van der Waals surface area contributed by atoms with Crippen LogP contribution in [-0.2, 0) is 15.8 Å². The number of nitrogens with one attached hydrogen (secondary N) is 2. The number of halogens is 1. The van der Waals surface area contributed by atoms with Crippen LogP contribution in [0.1, 0.15) is 32.6 Å². The molecule has 0 radical (unpaired) electrons. The summed E-state index contributed by atoms with van der Waals surface area (Å²) >= 11 is 7.90. The molecular formula is C25H27ClN2O3S2. The smallest absolute Gasteiger partial charge is 0.263 e. The fourth-order valence-electron chi connectivity index (χ4n) is 3.16. The third kappa shape index (κ3) is 6.76. The van der Waals surface area contributed by atoms with Crippen molar-refractivity contribution in [3.8, 4) is 0 Å². The van der Waals surface area contributed by atoms with Crippen molar-refractivity contribution in [3.05, 3.63) is 93.5 Å². The van der Waals surface area contributed by atoms with E-state index in [0.717, 1.165) is 22.6 Å². The summed E-state index contributed by atoms with van der Waals surface area (Å²) in [4.78, 5) is 12.4. The standard InChI is InChI=1S/C25H27ClN2O3S2/c1-17-8-10-22(14-19(17)3)28-33(30,31)24-15-20(9-11-23(24)26)25(29)27-12-13-32-16-21-7-5-4-6-18(21)2/h4-11,14-15,28H,12-13,16H2,1-3H3,(H,27,29). The van der Waals surface area contributed by atoms with E-state index in [4.69, 9.17) is 11.6 Å². The lowest BCUT2D eigenvalue weighted by atomic mass is 10.1. The first kappa shape index (κ1) is 25.1. The number of carbonyl (C=O) groups is 1. The molecule has 0 aliphatic heterocycles. The Morgan fingerprint density at radius 2 is 1.70 bits per heavy atom. The Bertz CT molecular complexity index is 1260. The van der Waals surface area contributed by atoms with Gasteiger partial charge in [0.1, 0.15) is 4.90 Å². The van der Waals surface area contributed by atoms with E-state index < -0.39 is 10.0 Å². The van der Waals surface area contributed by atoms with Crippen molar-refractivity contribution >= 4 is 45.0 Å². The van der Waals surface area contributed by atoms with Crippen LogP contribution in [-0.4, -0.2) is 26.6 Å². The highest BCUT2D eigenvalue weighted by Crippen LogP contribution is 2.26. The van der Waals surface area contributed by atoms with Gasteiger partial charge in [-0.05, 0) is 73.4 Å². The third-order valence-electron chi connectivity index (χ3n) is 5.29. The summed E-state index contributed by atoms with van der Waals surface area (Å²) < 4.78 is 28.4. The second-order valence-corrected chi connectivity index (χ2v) is 10.9. The van der Waals surface area contributed by atoms with Gasteiger partial charge in [-0.25, -0.2) is 8.42 Å². The van der Waals surface area contributed by atoms with Crippen molar-refractivity contribution in [1.82, 2.24) is 5.32 Å². The van der Waals surface area contributed by atoms with Gasteiger partial charge in [0.2, 0.25) is 0 Å². The first-order chi connectivity index (χ1) is 15.7. The molecule has 3 rings (SSSR count). The summed E-state index contributed by atoms with van der Waals surface area (Å²) in [5.41, 5.74) is 5.23. The Labute approximate surface area is 205 Å². The molecule has 3 aromatic rings. The Morgan fingerprint density at radius 3 is 2.42 bits per heavy atom. The van der Waals surface area contributed by atoms with Crippen molar-refractivity contribution in [2.75, 3.05) is 17.0 Å². The maximum absolute atomic E-state index is 12.9. The van der Waals surface area contributed by atoms with Crippen LogP contribution in [0.25, 0.3) is 0 Å². The molecule has 0 aliphatic carbocycles. The van der Waals surface area contributed by atoms with Crippen LogP contribution >= 0.6 is 23.4 Å². The molecule has 0 bridgehead atoms. The zero-order valence-corrected chi connectivity index (χ0v) is 21.2. The van der Waals surface area contributed by atoms with Gasteiger partial charge >= 0.3 is 0 Å². The van der Waals surface area contributed by atoms with Crippen molar-refractivity contribution in [2.45, 2.75) is 31.4 Å². The number of hydrogen-bond acceptors (Lipinski definition) is 4. The molecule has 0 fully saturated rings. The molecule has 8 heteroatoms. The van der Waals surface area contributed by atoms with E-state index in [-0.39, 0.29) is 21.4 Å². The van der Waals surface area contributed by atoms with Gasteiger partial charge in [-0.3, -0.25) is 9.52 Å². The minimum absolute atomic E-state index is 0.0525. The molecule has 0 heterocycles. The topological polar surface area (TPSA) is 75.3 Å². The van der Waals surface area contributed by atoms with E-state index in [9.17, 15) is 13.2 Å². The van der Waals surface area contributed by atoms with E-state index in [2.05, 4.69) is 29.1 Å². The number of hydrogen-bond donors (Lipinski definition) is 2. The molecule has 0 unspecified atom stereocenters. The zero-order valence-electron chi connectivity index (χ0n) is 18.8. The predicted molar refractivity (Wildman–Crippen MR) is 138 cm³/mol. The normalized spacial score (nSPS) is 11.3. The lowest BCUT2D eigenvalue weighted by molar-refractivity contribution is 0.0956. The largest absolute Gasteiger partial charge is 0.351 e. The Morgan fingerprint density at radius 1 is 0.939 bits per heavy atom. The predicted octanol–water partition coefficient (Wildman–Crippen LogP) is 5.73. The molecule has 1 amide bonds. The SMILES string of the molecule is Cc1ccc(NS(=O)(=O)c2cc(C(=O)NCCSCc3ccccc3C)ccc2Cl)cc1C. The average Bonchev–Trinajstić information content (AvgIpc) is 2.77. The summed E-state index contributed by atoms with van der Waals surface area (Å²) in [6.07, 6.45) is 0. The first-order valence-corrected chi connectivity index (χ1v) is 13.5. The van der Waals surface area contributed by atoms with E-state index in [1.54, 1.807) is 23.9 Å². The summed E-state index contributed by atoms with van der Waals surface area (Å²) in [6.45, 7) is 6.41. The summed E-state index contributed by atoms with van der Waals surface area (Å²) in [6, 6.07) is 17.8. The number of benzene rings is 3. The van der Waals surface area contributed by atoms with E-state index in [0.29, 0.717) is 12.2 Å². The van der Waals surface area contributed by atoms with Crippen LogP contribution in [0.2, 0.25) is 5.02 Å². The molecule has 5 nitrogen and oxygen atoms in total. The van der Waals surface area contributed by atoms with Crippen LogP contribution in [0, 0.1) is 20.8 Å². The van der Waals surface area contributed by atoms with Gasteiger partial charge in [-0.15, -0.1) is 0 Å². The third-order valence-corrected chi connectivity index (χ3v) is 8.16. The molecule has 0 saturated carbocycles. The fourth-order valence-corrected chi connectivity index (χ4v) is 5.67. The Kier molecular flexibility index (Phi) is 8.46. The lowest BCUT2D eigenvalue weighted by Gasteiger charge is -2.12. The maximum Gasteiger partial charge on any atom is 0.263 e. The first-order valence-electron chi connectivity index (χ1n) is 10.5. The number of rotatable bonds is 9. The van der Waals surface area contributed by atoms with Crippen LogP contribution in [0.5, 0.6) is 0 Å². The summed E-state index contributed by atoms with van der Waals surface area (Å²) in [5.74, 6) is 1.27. The molecule has 0 spiro atoms. The van der Waals surface area contributed by atoms with Gasteiger partial charge in [-0.1, -0.05) is 41.9 Å². The van der Waals surface area contributed by atoms with Crippen molar-refractivity contribution < 1.29 is 13.2 Å². The van der Waals surface area contributed by atoms with Crippen molar-refractivity contribution in [1.29, 1.82) is 0 Å². The number of aryl methyl sites for hydroxylation is 3. The van der Waals surface area contributed by atoms with Gasteiger partial charge in [-0.2, -0.15) is 11.8 Å². The minimum Gasteiger partial charge on any atom is -0.351 e. The van der Waals surface area contributed by atoms with Crippen LogP contribution in [0.3, 0.4) is 0 Å². The highest BCUT2D eigenvalue weighted by atomic mass is 35.5. The molecule has 0 aromatic heterocycles. The monoisotopic (exact) mass is 502 g/mol. The van der Waals surface area contributed by atoms with Crippen LogP contribution in [0.4, 0.5) is 5.69 Å². The molecule has 33 heavy (non-hydrogen) atoms. The second-order valence-electron chi connectivity index (χ2n) is 7.78. The number of anilines is 1. The van der Waals surface area contributed by atoms with Gasteiger partial charge < -0.3 is 5.32 Å². The van der Waals surface area contributed by atoms with Crippen LogP contribution < -0.4 is 10.0 Å². The van der Waals surface area contributed by atoms with Gasteiger partial charge in [0.05, 0.1) is 5.02 Å². The Balaban J connectivity index is 1.61. The lowest BCUT2D eigenvalue weighted by Crippen LogP contribution is -2.26. The van der Waals surface area contributed by atoms with E-state index >= 15 is 0 Å². The maximum atomic E-state index is 12.9. The molecule has 2 N–H and O–H groups in total.